The van der Waals surface area contributed by atoms with Crippen LogP contribution in [0.3, 0.4) is 0 Å². The van der Waals surface area contributed by atoms with Crippen LogP contribution in [0.4, 0.5) is 23.1 Å². The first kappa shape index (κ1) is 30.7. The van der Waals surface area contributed by atoms with Crippen LogP contribution in [0.1, 0.15) is 23.2 Å². The summed E-state index contributed by atoms with van der Waals surface area (Å²) in [6.07, 6.45) is -0.586. The van der Waals surface area contributed by atoms with Gasteiger partial charge in [0.25, 0.3) is 11.5 Å². The monoisotopic (exact) mass is 505 g/mol. The summed E-state index contributed by atoms with van der Waals surface area (Å²) >= 11 is 0. The number of carboxylic acids is 2. The van der Waals surface area contributed by atoms with Crippen LogP contribution in [0, 0.1) is 0 Å². The Kier molecular flexibility index (Phi) is 12.0. The summed E-state index contributed by atoms with van der Waals surface area (Å²) in [6, 6.07) is 5.03. The number of carbonyl (C=O) groups excluding carboxylic acids is 1. The first-order valence-corrected chi connectivity index (χ1v) is 10.1. The molecule has 8 N–H and O–H groups in total. The summed E-state index contributed by atoms with van der Waals surface area (Å²) < 4.78 is 0. The normalized spacial score (nSPS) is 14.8. The largest absolute Gasteiger partial charge is 1.00 e. The smallest absolute Gasteiger partial charge is 0.481 e. The molecule has 0 spiro atoms. The molecule has 1 aliphatic heterocycles. The maximum Gasteiger partial charge on any atom is 1.00 e. The number of amides is 1. The topological polar surface area (TPSA) is 203 Å². The molecular weight excluding hydrogens is 480 g/mol. The maximum absolute atomic E-state index is 12.3. The summed E-state index contributed by atoms with van der Waals surface area (Å²) in [5.74, 6) is -2.59. The van der Waals surface area contributed by atoms with E-state index in [1.54, 1.807) is 19.2 Å². The zero-order valence-corrected chi connectivity index (χ0v) is 23.8. The van der Waals surface area contributed by atoms with Crippen LogP contribution >= 0.6 is 0 Å². The minimum Gasteiger partial charge on any atom is -0.481 e. The number of aromatic amines is 1. The van der Waals surface area contributed by atoms with Crippen molar-refractivity contribution >= 4 is 41.0 Å². The number of benzene rings is 1. The Hall–Kier alpha value is -2.29. The molecule has 1 aromatic carbocycles. The van der Waals surface area contributed by atoms with E-state index in [0.29, 0.717) is 24.6 Å². The number of nitrogens with zero attached hydrogens (tertiary/aromatic N) is 2. The summed E-state index contributed by atoms with van der Waals surface area (Å²) in [5, 5.41) is 26.6. The number of aliphatic carboxylic acids is 2. The number of hydrogen-bond acceptors (Lipinski definition) is 9. The fraction of sp³-hybridized carbons (Fsp3) is 0.350. The number of H-pyrrole nitrogens is 1. The third kappa shape index (κ3) is 8.12. The Morgan fingerprint density at radius 2 is 1.89 bits per heavy atom. The Morgan fingerprint density at radius 1 is 1.23 bits per heavy atom. The average molecular weight is 505 g/mol. The van der Waals surface area contributed by atoms with Crippen LogP contribution in [-0.4, -0.2) is 70.2 Å². The number of carboxylic acid groups (broad SMARTS) is 2. The number of nitrogen functional groups attached to an aromatic ring is 1. The van der Waals surface area contributed by atoms with Crippen molar-refractivity contribution in [3.63, 3.8) is 0 Å². The molecule has 1 aromatic heterocycles. The van der Waals surface area contributed by atoms with E-state index in [9.17, 15) is 24.3 Å². The van der Waals surface area contributed by atoms with Gasteiger partial charge in [-0.25, -0.2) is 4.79 Å². The van der Waals surface area contributed by atoms with Gasteiger partial charge < -0.3 is 36.8 Å². The number of carbonyl (C=O) groups is 3. The van der Waals surface area contributed by atoms with E-state index >= 15 is 0 Å². The Morgan fingerprint density at radius 3 is 2.49 bits per heavy atom. The molecule has 0 saturated carbocycles. The summed E-state index contributed by atoms with van der Waals surface area (Å²) in [4.78, 5) is 54.9. The zero-order valence-electron chi connectivity index (χ0n) is 19.8. The van der Waals surface area contributed by atoms with Gasteiger partial charge in [0.1, 0.15) is 11.7 Å². The number of likely N-dealkylation sites (N-methyl/N-ethyl adjacent to an activating group) is 1. The second-order valence-corrected chi connectivity index (χ2v) is 7.55. The standard InChI is InChI=1S/C20H25N7O6.2Na/c1-27-12(9-23-16-15(27)18(31)26-20(21)25-16)8-22-11-4-2-10(3-5-11)17(30)24-13(19(32)33)6-7-14(28)29;;/h2-5,12-13,22H,6-9H2,1H3,(H,24,30)(H,28,29)(H,32,33)(H4,21,23,25,26,31);;/q;2*+1. The third-order valence-electron chi connectivity index (χ3n) is 5.26. The molecule has 176 valence electrons. The van der Waals surface area contributed by atoms with Gasteiger partial charge in [0, 0.05) is 37.8 Å². The SMILES string of the molecule is CN1c2c(nc(N)[nH]c2=O)NCC1CNc1ccc(C(=O)NC(CCC(=O)O)C(=O)O)cc1.[Na+].[Na+]. The molecule has 15 heteroatoms. The molecule has 2 heterocycles. The van der Waals surface area contributed by atoms with E-state index < -0.39 is 23.9 Å². The van der Waals surface area contributed by atoms with Crippen molar-refractivity contribution in [3.05, 3.63) is 40.2 Å². The molecule has 0 radical (unpaired) electrons. The predicted molar refractivity (Wildman–Crippen MR) is 121 cm³/mol. The van der Waals surface area contributed by atoms with E-state index in [1.165, 1.54) is 12.1 Å². The van der Waals surface area contributed by atoms with Crippen LogP contribution in [0.2, 0.25) is 0 Å². The van der Waals surface area contributed by atoms with Gasteiger partial charge in [0.2, 0.25) is 5.95 Å². The second kappa shape index (κ2) is 13.7. The molecule has 0 aliphatic carbocycles. The van der Waals surface area contributed by atoms with Gasteiger partial charge in [-0.15, -0.1) is 0 Å². The number of nitrogens with two attached hydrogens (primary N) is 1. The number of aromatic nitrogens is 2. The summed E-state index contributed by atoms with van der Waals surface area (Å²) in [5.41, 5.74) is 6.59. The molecule has 2 aromatic rings. The van der Waals surface area contributed by atoms with E-state index in [1.807, 2.05) is 4.90 Å². The molecule has 3 rings (SSSR count). The zero-order chi connectivity index (χ0) is 24.1. The van der Waals surface area contributed by atoms with Gasteiger partial charge in [-0.2, -0.15) is 4.98 Å². The minimum absolute atomic E-state index is 0. The second-order valence-electron chi connectivity index (χ2n) is 7.55. The van der Waals surface area contributed by atoms with Gasteiger partial charge in [-0.1, -0.05) is 0 Å². The Labute approximate surface area is 244 Å². The van der Waals surface area contributed by atoms with Gasteiger partial charge >= 0.3 is 71.1 Å². The van der Waals surface area contributed by atoms with Gasteiger partial charge in [-0.3, -0.25) is 19.4 Å². The van der Waals surface area contributed by atoms with E-state index in [-0.39, 0.29) is 95.1 Å². The van der Waals surface area contributed by atoms with Gasteiger partial charge in [0.15, 0.2) is 5.82 Å². The predicted octanol–water partition coefficient (Wildman–Crippen LogP) is -6.25. The fourth-order valence-electron chi connectivity index (χ4n) is 3.42. The molecule has 1 amide bonds. The third-order valence-corrected chi connectivity index (χ3v) is 5.26. The number of fused-ring (bicyclic) bond motifs is 1. The van der Waals surface area contributed by atoms with E-state index in [2.05, 4.69) is 25.9 Å². The van der Waals surface area contributed by atoms with Crippen molar-refractivity contribution in [3.8, 4) is 0 Å². The van der Waals surface area contributed by atoms with E-state index in [0.717, 1.165) is 5.69 Å². The van der Waals surface area contributed by atoms with Crippen LogP contribution in [-0.2, 0) is 9.59 Å². The maximum atomic E-state index is 12.3. The molecule has 13 nitrogen and oxygen atoms in total. The molecular formula is C20H25N7Na2O6+2. The summed E-state index contributed by atoms with van der Waals surface area (Å²) in [6.45, 7) is 1.01. The number of hydrogen-bond donors (Lipinski definition) is 7. The molecule has 0 fully saturated rings. The van der Waals surface area contributed by atoms with E-state index in [4.69, 9.17) is 10.8 Å². The van der Waals surface area contributed by atoms with Crippen LogP contribution in [0.25, 0.3) is 0 Å². The molecule has 0 saturated heterocycles. The first-order chi connectivity index (χ1) is 15.7. The molecule has 1 aliphatic rings. The first-order valence-electron chi connectivity index (χ1n) is 10.1. The van der Waals surface area contributed by atoms with Crippen LogP contribution in [0.15, 0.2) is 29.1 Å². The van der Waals surface area contributed by atoms with Gasteiger partial charge in [-0.05, 0) is 30.7 Å². The minimum atomic E-state index is -1.30. The number of rotatable bonds is 9. The number of nitrogens with one attached hydrogen (secondary N) is 4. The summed E-state index contributed by atoms with van der Waals surface area (Å²) in [7, 11) is 1.79. The number of anilines is 4. The van der Waals surface area contributed by atoms with Gasteiger partial charge in [0.05, 0.1) is 6.04 Å². The Balaban J connectivity index is 0.00000306. The van der Waals surface area contributed by atoms with Crippen molar-refractivity contribution < 1.29 is 83.7 Å². The van der Waals surface area contributed by atoms with Crippen molar-refractivity contribution in [2.75, 3.05) is 41.4 Å². The van der Waals surface area contributed by atoms with Crippen molar-refractivity contribution in [1.29, 1.82) is 0 Å². The quantitative estimate of drug-likeness (QED) is 0.160. The average Bonchev–Trinajstić information content (AvgIpc) is 2.75. The molecule has 2 atom stereocenters. The van der Waals surface area contributed by atoms with Crippen molar-refractivity contribution in [1.82, 2.24) is 15.3 Å². The molecule has 35 heavy (non-hydrogen) atoms. The van der Waals surface area contributed by atoms with Crippen molar-refractivity contribution in [2.45, 2.75) is 24.9 Å². The molecule has 0 bridgehead atoms. The fourth-order valence-corrected chi connectivity index (χ4v) is 3.42. The van der Waals surface area contributed by atoms with Crippen molar-refractivity contribution in [2.24, 2.45) is 0 Å². The Bertz CT molecular complexity index is 1110. The molecule has 2 unspecified atom stereocenters. The van der Waals surface area contributed by atoms with Crippen LogP contribution < -0.4 is 91.3 Å². The van der Waals surface area contributed by atoms with Crippen LogP contribution in [0.5, 0.6) is 0 Å².